The highest BCUT2D eigenvalue weighted by Crippen LogP contribution is 2.32. The minimum atomic E-state index is -1.46. The highest BCUT2D eigenvalue weighted by Gasteiger charge is 2.35. The fourth-order valence-electron chi connectivity index (χ4n) is 11.3. The highest BCUT2D eigenvalue weighted by atomic mass is 32.1. The average molecular weight is 1540 g/mol. The van der Waals surface area contributed by atoms with Crippen LogP contribution in [0.5, 0.6) is 11.5 Å². The second-order valence-corrected chi connectivity index (χ2v) is 33.7. The van der Waals surface area contributed by atoms with Gasteiger partial charge in [-0.25, -0.2) is 29.5 Å². The van der Waals surface area contributed by atoms with Crippen LogP contribution in [0.4, 0.5) is 0 Å². The second-order valence-electron chi connectivity index (χ2n) is 31.5. The van der Waals surface area contributed by atoms with E-state index < -0.39 is 83.3 Å². The van der Waals surface area contributed by atoms with Crippen LogP contribution < -0.4 is 30.7 Å². The fourth-order valence-corrected chi connectivity index (χ4v) is 13.3. The third-order valence-electron chi connectivity index (χ3n) is 17.3. The number of carboxylic acid groups (broad SMARTS) is 1. The number of carboxylic acids is 1. The number of rotatable bonds is 36. The molecule has 0 aliphatic carbocycles. The smallest absolute Gasteiger partial charge is 0.329 e. The molecule has 0 fully saturated rings. The quantitative estimate of drug-likeness (QED) is 0.0180. The number of Topliss-reactive ketones (excluding diaryl/α,β-unsaturated/α-hetero) is 1. The van der Waals surface area contributed by atoms with Gasteiger partial charge in [0.1, 0.15) is 52.7 Å². The molecule has 110 heavy (non-hydrogen) atoms. The summed E-state index contributed by atoms with van der Waals surface area (Å²) in [5.41, 5.74) is 4.65. The van der Waals surface area contributed by atoms with Gasteiger partial charge < -0.3 is 45.3 Å². The molecule has 8 rings (SSSR count). The molecule has 0 bridgehead atoms. The van der Waals surface area contributed by atoms with Crippen LogP contribution in [-0.4, -0.2) is 121 Å². The standard InChI is InChI=1S/C44H56N4O6S.C43H54N4O7S/c1-9-10-11-12-13-24-53-34-20-18-31(19-21-34)33-27-45-39(46-28-33)32-16-14-30(15-17-32)26-35(47-41(51)37-22-23-38(55-37)43(3,4)5)40(50)48-36(25-29(2)49)42(52)54-44(6,7)8;1-8-9-10-11-12-23-53-32-19-17-29(18-20-32)31-26-44-38(45-27-31)30-15-13-28(14-16-30)24-33(46-40(51)35-21-22-36(55-35)42(2,3)4)39(50)47-34(25-37(48)49)41(52)54-43(5,6)7/h14-23,27-28,35-36H,9-13,24-26H2,1-8H3,(H,47,51)(H,48,50);13-22,26-27,33-34H,8-12,23-25H2,1-7H3,(H,46,51)(H,47,50)(H,48,49)/t35-,36-;33-,34-/m00/s1. The average Bonchev–Trinajstić information content (AvgIpc) is 1.17. The minimum absolute atomic E-state index is 0.0574. The molecule has 4 amide bonds. The summed E-state index contributed by atoms with van der Waals surface area (Å²) in [6, 6.07) is 32.9. The van der Waals surface area contributed by atoms with Crippen molar-refractivity contribution in [2.24, 2.45) is 0 Å². The van der Waals surface area contributed by atoms with Gasteiger partial charge in [0.05, 0.1) is 29.4 Å². The van der Waals surface area contributed by atoms with Crippen LogP contribution in [0.3, 0.4) is 0 Å². The topological polar surface area (TPSA) is 293 Å². The summed E-state index contributed by atoms with van der Waals surface area (Å²) in [4.78, 5) is 125. The first-order valence-corrected chi connectivity index (χ1v) is 39.6. The van der Waals surface area contributed by atoms with Crippen molar-refractivity contribution in [2.75, 3.05) is 13.2 Å². The van der Waals surface area contributed by atoms with Crippen LogP contribution in [-0.2, 0) is 61.9 Å². The maximum Gasteiger partial charge on any atom is 0.329 e. The molecule has 4 heterocycles. The molecule has 21 nitrogen and oxygen atoms in total. The summed E-state index contributed by atoms with van der Waals surface area (Å²) in [6.45, 7) is 29.6. The predicted molar refractivity (Wildman–Crippen MR) is 433 cm³/mol. The number of carbonyl (C=O) groups is 8. The van der Waals surface area contributed by atoms with E-state index in [-0.39, 0.29) is 35.9 Å². The van der Waals surface area contributed by atoms with E-state index in [1.807, 2.05) is 130 Å². The number of esters is 2. The van der Waals surface area contributed by atoms with Gasteiger partial charge in [-0.05, 0) is 143 Å². The first kappa shape index (κ1) is 87.2. The van der Waals surface area contributed by atoms with Gasteiger partial charge in [-0.3, -0.25) is 28.8 Å². The largest absolute Gasteiger partial charge is 0.494 e. The molecule has 5 N–H and O–H groups in total. The molecule has 4 aromatic carbocycles. The van der Waals surface area contributed by atoms with Crippen LogP contribution in [0.2, 0.25) is 0 Å². The third kappa shape index (κ3) is 29.1. The van der Waals surface area contributed by atoms with E-state index in [0.29, 0.717) is 40.2 Å². The molecule has 0 spiro atoms. The van der Waals surface area contributed by atoms with Gasteiger partial charge in [-0.2, -0.15) is 0 Å². The SMILES string of the molecule is CCCCCCCOc1ccc(-c2cnc(-c3ccc(C[C@H](NC(=O)c4ccc(C(C)(C)C)s4)C(=O)N[C@@H](CC(=O)O)C(=O)OC(C)(C)C)cc3)nc2)cc1.CCCCCCCOc1ccc(-c2cnc(-c3ccc(C[C@H](NC(=O)c4ccc(C(C)(C)C)s4)C(=O)N[C@@H](CC(C)=O)C(=O)OC(C)(C)C)cc3)nc2)cc1. The molecule has 0 aliphatic rings. The number of hydrogen-bond acceptors (Lipinski definition) is 18. The van der Waals surface area contributed by atoms with Crippen molar-refractivity contribution in [1.29, 1.82) is 0 Å². The lowest BCUT2D eigenvalue weighted by molar-refractivity contribution is -0.161. The van der Waals surface area contributed by atoms with Crippen molar-refractivity contribution in [2.45, 2.75) is 240 Å². The van der Waals surface area contributed by atoms with Crippen LogP contribution in [0.25, 0.3) is 45.0 Å². The zero-order valence-electron chi connectivity index (χ0n) is 66.4. The number of ether oxygens (including phenoxy) is 4. The molecular formula is C87H110N8O13S2. The van der Waals surface area contributed by atoms with Crippen molar-refractivity contribution >= 4 is 70.0 Å². The number of aromatic nitrogens is 4. The Labute approximate surface area is 656 Å². The Morgan fingerprint density at radius 2 is 0.736 bits per heavy atom. The van der Waals surface area contributed by atoms with E-state index in [1.54, 1.807) is 78.5 Å². The summed E-state index contributed by atoms with van der Waals surface area (Å²) in [5, 5.41) is 20.4. The summed E-state index contributed by atoms with van der Waals surface area (Å²) < 4.78 is 22.7. The van der Waals surface area contributed by atoms with Gasteiger partial charge in [0, 0.05) is 76.1 Å². The first-order valence-electron chi connectivity index (χ1n) is 37.9. The van der Waals surface area contributed by atoms with Crippen LogP contribution in [0, 0.1) is 0 Å². The zero-order valence-corrected chi connectivity index (χ0v) is 68.1. The lowest BCUT2D eigenvalue weighted by atomic mass is 9.95. The van der Waals surface area contributed by atoms with Gasteiger partial charge in [0.15, 0.2) is 11.6 Å². The number of carbonyl (C=O) groups excluding carboxylic acids is 7. The number of nitrogens with zero attached hydrogens (tertiary/aromatic N) is 4. The minimum Gasteiger partial charge on any atom is -0.494 e. The van der Waals surface area contributed by atoms with Crippen LogP contribution in [0.1, 0.15) is 221 Å². The number of benzene rings is 4. The molecule has 8 aromatic rings. The Morgan fingerprint density at radius 1 is 0.400 bits per heavy atom. The van der Waals surface area contributed by atoms with E-state index in [4.69, 9.17) is 18.9 Å². The van der Waals surface area contributed by atoms with Gasteiger partial charge >= 0.3 is 17.9 Å². The molecule has 4 atom stereocenters. The van der Waals surface area contributed by atoms with Crippen molar-refractivity contribution in [3.05, 3.63) is 177 Å². The lowest BCUT2D eigenvalue weighted by Crippen LogP contribution is -2.53. The van der Waals surface area contributed by atoms with E-state index in [0.717, 1.165) is 73.0 Å². The van der Waals surface area contributed by atoms with Crippen molar-refractivity contribution in [1.82, 2.24) is 41.2 Å². The van der Waals surface area contributed by atoms with Crippen molar-refractivity contribution in [3.8, 4) is 56.5 Å². The highest BCUT2D eigenvalue weighted by molar-refractivity contribution is 7.14. The Bertz CT molecular complexity index is 4030. The summed E-state index contributed by atoms with van der Waals surface area (Å²) in [5.74, 6) is -2.65. The van der Waals surface area contributed by atoms with E-state index in [1.165, 1.54) is 81.0 Å². The number of ketones is 1. The summed E-state index contributed by atoms with van der Waals surface area (Å²) in [7, 11) is 0. The Morgan fingerprint density at radius 3 is 1.05 bits per heavy atom. The number of thiophene rings is 2. The zero-order chi connectivity index (χ0) is 80.3. The van der Waals surface area contributed by atoms with Crippen molar-refractivity contribution < 1.29 is 62.4 Å². The number of amides is 4. The number of aliphatic carboxylic acids is 1. The van der Waals surface area contributed by atoms with Gasteiger partial charge in [-0.1, -0.05) is 180 Å². The Kier molecular flexibility index (Phi) is 32.6. The van der Waals surface area contributed by atoms with Gasteiger partial charge in [-0.15, -0.1) is 22.7 Å². The first-order chi connectivity index (χ1) is 52.0. The van der Waals surface area contributed by atoms with Crippen LogP contribution in [0.15, 0.2) is 146 Å². The Hall–Kier alpha value is -10.0. The number of unbranched alkanes of at least 4 members (excludes halogenated alkanes) is 8. The number of hydrogen-bond donors (Lipinski definition) is 5. The molecule has 23 heteroatoms. The lowest BCUT2D eigenvalue weighted by Gasteiger charge is -2.26. The predicted octanol–water partition coefficient (Wildman–Crippen LogP) is 16.8. The molecular weight excluding hydrogens is 1430 g/mol. The summed E-state index contributed by atoms with van der Waals surface area (Å²) in [6.07, 6.45) is 18.3. The fraction of sp³-hybridized carbons (Fsp3) is 0.448. The molecule has 0 unspecified atom stereocenters. The number of nitrogens with one attached hydrogen (secondary N) is 4. The van der Waals surface area contributed by atoms with Crippen molar-refractivity contribution in [3.63, 3.8) is 0 Å². The molecule has 0 aliphatic heterocycles. The molecule has 0 radical (unpaired) electrons. The maximum atomic E-state index is 13.8. The van der Waals surface area contributed by atoms with E-state index in [2.05, 4.69) is 75.8 Å². The maximum absolute atomic E-state index is 13.8. The monoisotopic (exact) mass is 1540 g/mol. The second kappa shape index (κ2) is 41.2. The van der Waals surface area contributed by atoms with Gasteiger partial charge in [0.2, 0.25) is 11.8 Å². The Balaban J connectivity index is 0.000000306. The normalized spacial score (nSPS) is 12.7. The van der Waals surface area contributed by atoms with E-state index in [9.17, 15) is 43.5 Å². The molecule has 0 saturated carbocycles. The van der Waals surface area contributed by atoms with E-state index >= 15 is 0 Å². The molecule has 4 aromatic heterocycles. The summed E-state index contributed by atoms with van der Waals surface area (Å²) >= 11 is 2.70. The van der Waals surface area contributed by atoms with Gasteiger partial charge in [0.25, 0.3) is 11.8 Å². The van der Waals surface area contributed by atoms with Crippen LogP contribution >= 0.6 is 22.7 Å². The molecule has 588 valence electrons. The molecule has 0 saturated heterocycles. The third-order valence-corrected chi connectivity index (χ3v) is 20.3.